The van der Waals surface area contributed by atoms with E-state index in [9.17, 15) is 0 Å². The molecule has 1 aromatic carbocycles. The average Bonchev–Trinajstić information content (AvgIpc) is 2.48. The second-order valence-corrected chi connectivity index (χ2v) is 6.84. The van der Waals surface area contributed by atoms with E-state index in [1.54, 1.807) is 0 Å². The van der Waals surface area contributed by atoms with Gasteiger partial charge < -0.3 is 15.4 Å². The topological polar surface area (TPSA) is 38.5 Å². The van der Waals surface area contributed by atoms with Gasteiger partial charge in [-0.2, -0.15) is 0 Å². The fourth-order valence-corrected chi connectivity index (χ4v) is 4.00. The van der Waals surface area contributed by atoms with Crippen LogP contribution in [0.3, 0.4) is 0 Å². The third-order valence-corrected chi connectivity index (χ3v) is 4.93. The number of nitrogens with two attached hydrogens (primary N) is 1. The summed E-state index contributed by atoms with van der Waals surface area (Å²) in [5, 5.41) is 0. The molecule has 3 nitrogen and oxygen atoms in total. The molecule has 0 spiro atoms. The van der Waals surface area contributed by atoms with Crippen molar-refractivity contribution in [3.63, 3.8) is 0 Å². The Bertz CT molecular complexity index is 484. The van der Waals surface area contributed by atoms with Crippen molar-refractivity contribution in [3.8, 4) is 5.75 Å². The van der Waals surface area contributed by atoms with E-state index in [0.29, 0.717) is 0 Å². The molecule has 2 aliphatic rings. The number of nitrogens with zero attached hydrogens (tertiary/aromatic N) is 1. The number of anilines is 2. The molecule has 3 rings (SSSR count). The van der Waals surface area contributed by atoms with Crippen molar-refractivity contribution < 1.29 is 4.74 Å². The highest BCUT2D eigenvalue weighted by Gasteiger charge is 2.33. The average molecular weight is 288 g/mol. The maximum Gasteiger partial charge on any atom is 0.144 e. The Labute approximate surface area is 128 Å². The van der Waals surface area contributed by atoms with Gasteiger partial charge in [-0.15, -0.1) is 0 Å². The minimum absolute atomic E-state index is 0.159. The fraction of sp³-hybridized carbons (Fsp3) is 0.667. The molecule has 0 aromatic heterocycles. The third kappa shape index (κ3) is 3.12. The monoisotopic (exact) mass is 288 g/mol. The molecular formula is C18H28N2O. The SMILES string of the molecule is CC(C)Oc1cc(N2CCCC3CCCCC32)ccc1N. The summed E-state index contributed by atoms with van der Waals surface area (Å²) in [5.41, 5.74) is 8.08. The minimum atomic E-state index is 0.159. The predicted octanol–water partition coefficient (Wildman–Crippen LogP) is 4.22. The highest BCUT2D eigenvalue weighted by molar-refractivity contribution is 5.63. The molecule has 2 atom stereocenters. The Morgan fingerprint density at radius 2 is 1.90 bits per heavy atom. The third-order valence-electron chi connectivity index (χ3n) is 4.93. The highest BCUT2D eigenvalue weighted by Crippen LogP contribution is 2.39. The van der Waals surface area contributed by atoms with Crippen LogP contribution >= 0.6 is 0 Å². The molecule has 1 aliphatic heterocycles. The Balaban J connectivity index is 1.84. The first-order valence-electron chi connectivity index (χ1n) is 8.48. The van der Waals surface area contributed by atoms with Crippen LogP contribution in [-0.2, 0) is 0 Å². The standard InChI is InChI=1S/C18H28N2O/c1-13(2)21-18-12-15(9-10-16(18)19)20-11-5-7-14-6-3-4-8-17(14)20/h9-10,12-14,17H,3-8,11,19H2,1-2H3. The summed E-state index contributed by atoms with van der Waals surface area (Å²) in [5.74, 6) is 1.72. The number of ether oxygens (including phenoxy) is 1. The van der Waals surface area contributed by atoms with E-state index in [4.69, 9.17) is 10.5 Å². The molecule has 1 heterocycles. The van der Waals surface area contributed by atoms with Gasteiger partial charge in [-0.05, 0) is 57.6 Å². The zero-order valence-electron chi connectivity index (χ0n) is 13.3. The number of piperidine rings is 1. The first-order valence-corrected chi connectivity index (χ1v) is 8.48. The van der Waals surface area contributed by atoms with Gasteiger partial charge in [0.25, 0.3) is 0 Å². The smallest absolute Gasteiger partial charge is 0.144 e. The predicted molar refractivity (Wildman–Crippen MR) is 88.9 cm³/mol. The summed E-state index contributed by atoms with van der Waals surface area (Å²) in [6.45, 7) is 5.26. The minimum Gasteiger partial charge on any atom is -0.489 e. The van der Waals surface area contributed by atoms with Gasteiger partial charge in [-0.25, -0.2) is 0 Å². The van der Waals surface area contributed by atoms with Gasteiger partial charge in [0.2, 0.25) is 0 Å². The molecule has 0 radical (unpaired) electrons. The van der Waals surface area contributed by atoms with Crippen molar-refractivity contribution in [1.29, 1.82) is 0 Å². The molecular weight excluding hydrogens is 260 g/mol. The number of benzene rings is 1. The molecule has 3 heteroatoms. The van der Waals surface area contributed by atoms with Gasteiger partial charge in [-0.3, -0.25) is 0 Å². The Kier molecular flexibility index (Phi) is 4.27. The van der Waals surface area contributed by atoms with Gasteiger partial charge in [0.05, 0.1) is 11.8 Å². The zero-order valence-corrected chi connectivity index (χ0v) is 13.3. The number of fused-ring (bicyclic) bond motifs is 1. The molecule has 116 valence electrons. The van der Waals surface area contributed by atoms with Crippen LogP contribution < -0.4 is 15.4 Å². The number of hydrogen-bond acceptors (Lipinski definition) is 3. The van der Waals surface area contributed by atoms with Crippen LogP contribution in [0.25, 0.3) is 0 Å². The van der Waals surface area contributed by atoms with Crippen LogP contribution in [-0.4, -0.2) is 18.7 Å². The van der Waals surface area contributed by atoms with E-state index in [2.05, 4.69) is 17.0 Å². The first-order chi connectivity index (χ1) is 10.1. The molecule has 1 saturated heterocycles. The molecule has 1 saturated carbocycles. The molecule has 1 aliphatic carbocycles. The Hall–Kier alpha value is -1.38. The van der Waals surface area contributed by atoms with Crippen LogP contribution in [0.15, 0.2) is 18.2 Å². The van der Waals surface area contributed by atoms with Crippen molar-refractivity contribution >= 4 is 11.4 Å². The molecule has 0 amide bonds. The van der Waals surface area contributed by atoms with Gasteiger partial charge in [0.15, 0.2) is 0 Å². The second-order valence-electron chi connectivity index (χ2n) is 6.84. The normalized spacial score (nSPS) is 25.8. The molecule has 1 aromatic rings. The lowest BCUT2D eigenvalue weighted by Gasteiger charge is -2.45. The van der Waals surface area contributed by atoms with Gasteiger partial charge in [0.1, 0.15) is 5.75 Å². The summed E-state index contributed by atoms with van der Waals surface area (Å²) < 4.78 is 5.86. The van der Waals surface area contributed by atoms with Crippen molar-refractivity contribution in [3.05, 3.63) is 18.2 Å². The molecule has 2 unspecified atom stereocenters. The summed E-state index contributed by atoms with van der Waals surface area (Å²) >= 11 is 0. The van der Waals surface area contributed by atoms with Crippen molar-refractivity contribution in [2.75, 3.05) is 17.2 Å². The van der Waals surface area contributed by atoms with E-state index in [-0.39, 0.29) is 6.10 Å². The van der Waals surface area contributed by atoms with Crippen LogP contribution in [0.4, 0.5) is 11.4 Å². The van der Waals surface area contributed by atoms with Crippen LogP contribution in [0.1, 0.15) is 52.4 Å². The first kappa shape index (κ1) is 14.6. The van der Waals surface area contributed by atoms with Crippen LogP contribution in [0.5, 0.6) is 5.75 Å². The van der Waals surface area contributed by atoms with Crippen LogP contribution in [0, 0.1) is 5.92 Å². The Morgan fingerprint density at radius 3 is 2.71 bits per heavy atom. The Morgan fingerprint density at radius 1 is 1.14 bits per heavy atom. The highest BCUT2D eigenvalue weighted by atomic mass is 16.5. The lowest BCUT2D eigenvalue weighted by Crippen LogP contribution is -2.46. The molecule has 0 bridgehead atoms. The lowest BCUT2D eigenvalue weighted by atomic mass is 9.78. The molecule has 2 fully saturated rings. The zero-order chi connectivity index (χ0) is 14.8. The van der Waals surface area contributed by atoms with Crippen LogP contribution in [0.2, 0.25) is 0 Å². The number of rotatable bonds is 3. The lowest BCUT2D eigenvalue weighted by molar-refractivity contribution is 0.239. The van der Waals surface area contributed by atoms with E-state index in [1.165, 1.54) is 50.8 Å². The maximum atomic E-state index is 6.06. The van der Waals surface area contributed by atoms with Crippen molar-refractivity contribution in [2.45, 2.75) is 64.5 Å². The van der Waals surface area contributed by atoms with Crippen molar-refractivity contribution in [2.24, 2.45) is 5.92 Å². The summed E-state index contributed by atoms with van der Waals surface area (Å²) in [7, 11) is 0. The van der Waals surface area contributed by atoms with E-state index in [0.717, 1.165) is 23.4 Å². The second kappa shape index (κ2) is 6.17. The quantitative estimate of drug-likeness (QED) is 0.847. The summed E-state index contributed by atoms with van der Waals surface area (Å²) in [4.78, 5) is 2.61. The summed E-state index contributed by atoms with van der Waals surface area (Å²) in [6.07, 6.45) is 8.42. The van der Waals surface area contributed by atoms with Gasteiger partial charge in [0, 0.05) is 24.3 Å². The van der Waals surface area contributed by atoms with E-state index >= 15 is 0 Å². The fourth-order valence-electron chi connectivity index (χ4n) is 4.00. The number of hydrogen-bond donors (Lipinski definition) is 1. The van der Waals surface area contributed by atoms with E-state index in [1.807, 2.05) is 19.9 Å². The molecule has 21 heavy (non-hydrogen) atoms. The number of nitrogen functional groups attached to an aromatic ring is 1. The van der Waals surface area contributed by atoms with Crippen molar-refractivity contribution in [1.82, 2.24) is 0 Å². The maximum absolute atomic E-state index is 6.06. The molecule has 2 N–H and O–H groups in total. The van der Waals surface area contributed by atoms with Gasteiger partial charge in [-0.1, -0.05) is 12.8 Å². The van der Waals surface area contributed by atoms with E-state index < -0.39 is 0 Å². The van der Waals surface area contributed by atoms with Gasteiger partial charge >= 0.3 is 0 Å². The largest absolute Gasteiger partial charge is 0.489 e. The summed E-state index contributed by atoms with van der Waals surface area (Å²) in [6, 6.07) is 7.04.